The summed E-state index contributed by atoms with van der Waals surface area (Å²) in [6, 6.07) is 7.43. The van der Waals surface area contributed by atoms with Gasteiger partial charge in [-0.3, -0.25) is 9.59 Å². The van der Waals surface area contributed by atoms with Gasteiger partial charge >= 0.3 is 0 Å². The molecule has 1 unspecified atom stereocenters. The van der Waals surface area contributed by atoms with Crippen molar-refractivity contribution in [1.82, 2.24) is 4.90 Å². The lowest BCUT2D eigenvalue weighted by Crippen LogP contribution is -2.34. The monoisotopic (exact) mass is 429 g/mol. The third-order valence-corrected chi connectivity index (χ3v) is 4.91. The fourth-order valence-electron chi connectivity index (χ4n) is 3.43. The molecule has 3 rings (SSSR count). The van der Waals surface area contributed by atoms with Crippen molar-refractivity contribution in [1.29, 1.82) is 0 Å². The topological polar surface area (TPSA) is 98.4 Å². The van der Waals surface area contributed by atoms with E-state index in [2.05, 4.69) is 0 Å². The highest BCUT2D eigenvalue weighted by molar-refractivity contribution is 6.15. The standard InChI is InChI=1S/C23H27NO7/c1-14(2)13-31-18-12-15(7-8-16(18)29-4)20-19(21(25)17-6-5-10-30-17)22(26)23(27)24(20)9-11-28-3/h5-8,10,12,14,20,26H,9,11,13H2,1-4H3. The van der Waals surface area contributed by atoms with Crippen molar-refractivity contribution in [3.05, 3.63) is 59.3 Å². The van der Waals surface area contributed by atoms with Crippen LogP contribution in [0.5, 0.6) is 11.5 Å². The lowest BCUT2D eigenvalue weighted by Gasteiger charge is -2.27. The molecule has 0 aliphatic carbocycles. The lowest BCUT2D eigenvalue weighted by atomic mass is 9.94. The van der Waals surface area contributed by atoms with Gasteiger partial charge in [0.05, 0.1) is 38.2 Å². The van der Waals surface area contributed by atoms with E-state index in [0.29, 0.717) is 29.6 Å². The van der Waals surface area contributed by atoms with Gasteiger partial charge in [-0.1, -0.05) is 19.9 Å². The summed E-state index contributed by atoms with van der Waals surface area (Å²) < 4.78 is 21.6. The first kappa shape index (κ1) is 22.4. The van der Waals surface area contributed by atoms with Crippen molar-refractivity contribution in [2.45, 2.75) is 19.9 Å². The summed E-state index contributed by atoms with van der Waals surface area (Å²) in [7, 11) is 3.06. The molecule has 0 spiro atoms. The average Bonchev–Trinajstić information content (AvgIpc) is 3.38. The van der Waals surface area contributed by atoms with Gasteiger partial charge in [-0.25, -0.2) is 0 Å². The molecule has 0 fully saturated rings. The number of amides is 1. The number of carbonyl (C=O) groups is 2. The zero-order valence-corrected chi connectivity index (χ0v) is 18.1. The fraction of sp³-hybridized carbons (Fsp3) is 0.391. The van der Waals surface area contributed by atoms with Crippen LogP contribution in [0, 0.1) is 5.92 Å². The molecule has 0 saturated heterocycles. The second kappa shape index (κ2) is 9.70. The molecule has 2 aromatic rings. The number of nitrogens with zero attached hydrogens (tertiary/aromatic N) is 1. The summed E-state index contributed by atoms with van der Waals surface area (Å²) in [5.74, 6) is -0.438. The van der Waals surface area contributed by atoms with E-state index in [1.807, 2.05) is 13.8 Å². The first-order valence-electron chi connectivity index (χ1n) is 10.0. The van der Waals surface area contributed by atoms with Gasteiger partial charge in [0, 0.05) is 13.7 Å². The molecule has 1 aliphatic rings. The van der Waals surface area contributed by atoms with Crippen LogP contribution < -0.4 is 9.47 Å². The normalized spacial score (nSPS) is 16.4. The van der Waals surface area contributed by atoms with Crippen LogP contribution in [0.4, 0.5) is 0 Å². The van der Waals surface area contributed by atoms with Crippen LogP contribution in [0.15, 0.2) is 52.3 Å². The first-order chi connectivity index (χ1) is 14.9. The molecular weight excluding hydrogens is 402 g/mol. The van der Waals surface area contributed by atoms with Crippen molar-refractivity contribution < 1.29 is 33.3 Å². The number of rotatable bonds is 10. The van der Waals surface area contributed by atoms with Gasteiger partial charge in [-0.2, -0.15) is 0 Å². The van der Waals surface area contributed by atoms with Gasteiger partial charge in [0.1, 0.15) is 0 Å². The van der Waals surface area contributed by atoms with Crippen LogP contribution in [-0.2, 0) is 9.53 Å². The summed E-state index contributed by atoms with van der Waals surface area (Å²) in [4.78, 5) is 27.3. The number of Topliss-reactive ketones (excluding diaryl/α,β-unsaturated/α-hetero) is 1. The molecule has 8 nitrogen and oxygen atoms in total. The molecule has 1 aliphatic heterocycles. The van der Waals surface area contributed by atoms with E-state index < -0.39 is 23.5 Å². The van der Waals surface area contributed by atoms with Crippen LogP contribution in [0.3, 0.4) is 0 Å². The van der Waals surface area contributed by atoms with Crippen LogP contribution in [0.25, 0.3) is 0 Å². The van der Waals surface area contributed by atoms with Crippen LogP contribution >= 0.6 is 0 Å². The average molecular weight is 429 g/mol. The Labute approximate surface area is 181 Å². The Kier molecular flexibility index (Phi) is 7.02. The van der Waals surface area contributed by atoms with E-state index in [-0.39, 0.29) is 24.5 Å². The number of hydrogen-bond donors (Lipinski definition) is 1. The molecule has 2 heterocycles. The number of carbonyl (C=O) groups excluding carboxylic acids is 2. The summed E-state index contributed by atoms with van der Waals surface area (Å²) in [5.41, 5.74) is 0.555. The third kappa shape index (κ3) is 4.59. The second-order valence-electron chi connectivity index (χ2n) is 7.58. The highest BCUT2D eigenvalue weighted by atomic mass is 16.5. The minimum atomic E-state index is -0.826. The quantitative estimate of drug-likeness (QED) is 0.577. The van der Waals surface area contributed by atoms with E-state index in [1.54, 1.807) is 31.4 Å². The van der Waals surface area contributed by atoms with Crippen molar-refractivity contribution in [2.24, 2.45) is 5.92 Å². The lowest BCUT2D eigenvalue weighted by molar-refractivity contribution is -0.130. The Balaban J connectivity index is 2.07. The van der Waals surface area contributed by atoms with Crippen LogP contribution in [-0.4, -0.2) is 55.7 Å². The highest BCUT2D eigenvalue weighted by Gasteiger charge is 2.44. The largest absolute Gasteiger partial charge is 0.503 e. The highest BCUT2D eigenvalue weighted by Crippen LogP contribution is 2.41. The number of methoxy groups -OCH3 is 2. The maximum Gasteiger partial charge on any atom is 0.290 e. The zero-order valence-electron chi connectivity index (χ0n) is 18.1. The van der Waals surface area contributed by atoms with Crippen LogP contribution in [0.2, 0.25) is 0 Å². The third-order valence-electron chi connectivity index (χ3n) is 4.91. The number of aliphatic hydroxyl groups excluding tert-OH is 1. The van der Waals surface area contributed by atoms with E-state index in [1.165, 1.54) is 24.3 Å². The first-order valence-corrected chi connectivity index (χ1v) is 10.0. The molecule has 1 amide bonds. The molecule has 166 valence electrons. The van der Waals surface area contributed by atoms with Crippen LogP contribution in [0.1, 0.15) is 36.0 Å². The van der Waals surface area contributed by atoms with Gasteiger partial charge < -0.3 is 28.6 Å². The molecule has 1 aromatic heterocycles. The Hall–Kier alpha value is -3.26. The predicted octanol–water partition coefficient (Wildman–Crippen LogP) is 3.55. The van der Waals surface area contributed by atoms with Crippen molar-refractivity contribution in [3.63, 3.8) is 0 Å². The molecule has 0 bridgehead atoms. The van der Waals surface area contributed by atoms with Crippen molar-refractivity contribution in [2.75, 3.05) is 34.0 Å². The predicted molar refractivity (Wildman–Crippen MR) is 112 cm³/mol. The van der Waals surface area contributed by atoms with Gasteiger partial charge in [-0.05, 0) is 35.7 Å². The molecule has 1 aromatic carbocycles. The maximum absolute atomic E-state index is 13.1. The summed E-state index contributed by atoms with van der Waals surface area (Å²) in [5, 5.41) is 10.6. The summed E-state index contributed by atoms with van der Waals surface area (Å²) >= 11 is 0. The van der Waals surface area contributed by atoms with E-state index >= 15 is 0 Å². The zero-order chi connectivity index (χ0) is 22.5. The molecule has 8 heteroatoms. The van der Waals surface area contributed by atoms with E-state index in [0.717, 1.165) is 0 Å². The van der Waals surface area contributed by atoms with Gasteiger partial charge in [0.2, 0.25) is 5.78 Å². The molecule has 0 saturated carbocycles. The van der Waals surface area contributed by atoms with Crippen molar-refractivity contribution >= 4 is 11.7 Å². The summed E-state index contributed by atoms with van der Waals surface area (Å²) in [6.07, 6.45) is 1.37. The van der Waals surface area contributed by atoms with Gasteiger partial charge in [-0.15, -0.1) is 0 Å². The Morgan fingerprint density at radius 3 is 2.61 bits per heavy atom. The number of ketones is 1. The minimum Gasteiger partial charge on any atom is -0.503 e. The number of furan rings is 1. The SMILES string of the molecule is COCCN1C(=O)C(O)=C(C(=O)c2ccco2)C1c1ccc(OC)c(OCC(C)C)c1. The molecular formula is C23H27NO7. The Bertz CT molecular complexity index is 962. The smallest absolute Gasteiger partial charge is 0.290 e. The maximum atomic E-state index is 13.1. The van der Waals surface area contributed by atoms with Gasteiger partial charge in [0.15, 0.2) is 23.0 Å². The van der Waals surface area contributed by atoms with E-state index in [9.17, 15) is 14.7 Å². The number of aliphatic hydroxyl groups is 1. The van der Waals surface area contributed by atoms with Gasteiger partial charge in [0.25, 0.3) is 5.91 Å². The van der Waals surface area contributed by atoms with Crippen molar-refractivity contribution in [3.8, 4) is 11.5 Å². The number of hydrogen-bond acceptors (Lipinski definition) is 7. The fourth-order valence-corrected chi connectivity index (χ4v) is 3.43. The molecule has 0 radical (unpaired) electrons. The molecule has 1 N–H and O–H groups in total. The molecule has 31 heavy (non-hydrogen) atoms. The second-order valence-corrected chi connectivity index (χ2v) is 7.58. The number of ether oxygens (including phenoxy) is 3. The Morgan fingerprint density at radius 2 is 2.00 bits per heavy atom. The molecule has 1 atom stereocenters. The van der Waals surface area contributed by atoms with E-state index in [4.69, 9.17) is 18.6 Å². The number of benzene rings is 1. The minimum absolute atomic E-state index is 0.0396. The summed E-state index contributed by atoms with van der Waals surface area (Å²) in [6.45, 7) is 4.95. The Morgan fingerprint density at radius 1 is 1.23 bits per heavy atom.